The molecule has 0 atom stereocenters. The summed E-state index contributed by atoms with van der Waals surface area (Å²) in [6.07, 6.45) is 1.63. The largest absolute Gasteiger partial charge is 0.326 e. The molecule has 0 spiro atoms. The summed E-state index contributed by atoms with van der Waals surface area (Å²) in [6, 6.07) is 14.5. The summed E-state index contributed by atoms with van der Waals surface area (Å²) in [5, 5.41) is 2.14. The molecule has 2 N–H and O–H groups in total. The van der Waals surface area contributed by atoms with Crippen molar-refractivity contribution in [2.45, 2.75) is 24.2 Å². The van der Waals surface area contributed by atoms with Gasteiger partial charge < -0.3 is 5.73 Å². The van der Waals surface area contributed by atoms with Crippen LogP contribution in [0.5, 0.6) is 0 Å². The molecule has 0 radical (unpaired) electrons. The van der Waals surface area contributed by atoms with Gasteiger partial charge in [-0.1, -0.05) is 36.4 Å². The van der Waals surface area contributed by atoms with Crippen LogP contribution >= 0.6 is 11.8 Å². The number of aromatic nitrogens is 2. The van der Waals surface area contributed by atoms with E-state index in [1.54, 1.807) is 18.1 Å². The van der Waals surface area contributed by atoms with Crippen LogP contribution in [-0.2, 0) is 12.3 Å². The third-order valence-electron chi connectivity index (χ3n) is 3.51. The minimum Gasteiger partial charge on any atom is -0.326 e. The fourth-order valence-corrected chi connectivity index (χ4v) is 3.35. The monoisotopic (exact) mass is 295 g/mol. The fraction of sp³-hybridized carbons (Fsp3) is 0.176. The fourth-order valence-electron chi connectivity index (χ4n) is 2.29. The Morgan fingerprint density at radius 3 is 2.76 bits per heavy atom. The third kappa shape index (κ3) is 3.06. The number of hydrogen-bond donors (Lipinski definition) is 1. The lowest BCUT2D eigenvalue weighted by atomic mass is 10.1. The summed E-state index contributed by atoms with van der Waals surface area (Å²) in [5.74, 6) is 0.900. The number of nitrogens with zero attached hydrogens (tertiary/aromatic N) is 2. The van der Waals surface area contributed by atoms with Crippen LogP contribution in [-0.4, -0.2) is 9.97 Å². The number of nitrogens with two attached hydrogens (primary N) is 1. The standard InChI is InChI=1S/C17H17N3S/c1-12-8-13(9-18)6-7-14(12)10-21-17-15-4-2-3-5-16(15)19-11-20-17/h2-8,11H,9-10,18H2,1H3. The van der Waals surface area contributed by atoms with E-state index < -0.39 is 0 Å². The molecule has 2 aromatic carbocycles. The van der Waals surface area contributed by atoms with E-state index in [4.69, 9.17) is 5.73 Å². The lowest BCUT2D eigenvalue weighted by Gasteiger charge is -2.08. The van der Waals surface area contributed by atoms with Crippen molar-refractivity contribution in [3.8, 4) is 0 Å². The smallest absolute Gasteiger partial charge is 0.117 e. The molecule has 0 aliphatic carbocycles. The van der Waals surface area contributed by atoms with E-state index in [1.165, 1.54) is 16.7 Å². The topological polar surface area (TPSA) is 51.8 Å². The Labute approximate surface area is 128 Å². The predicted octanol–water partition coefficient (Wildman–Crippen LogP) is 3.69. The van der Waals surface area contributed by atoms with E-state index in [-0.39, 0.29) is 0 Å². The maximum atomic E-state index is 5.67. The summed E-state index contributed by atoms with van der Waals surface area (Å²) >= 11 is 1.75. The van der Waals surface area contributed by atoms with E-state index in [0.717, 1.165) is 21.7 Å². The molecule has 0 aliphatic rings. The van der Waals surface area contributed by atoms with Crippen molar-refractivity contribution in [3.05, 3.63) is 65.5 Å². The number of aryl methyl sites for hydroxylation is 1. The lowest BCUT2D eigenvalue weighted by Crippen LogP contribution is -1.98. The molecule has 0 fully saturated rings. The van der Waals surface area contributed by atoms with Crippen LogP contribution < -0.4 is 5.73 Å². The van der Waals surface area contributed by atoms with Crippen molar-refractivity contribution in [2.75, 3.05) is 0 Å². The van der Waals surface area contributed by atoms with Crippen molar-refractivity contribution in [2.24, 2.45) is 5.73 Å². The zero-order chi connectivity index (χ0) is 14.7. The first-order valence-corrected chi connectivity index (χ1v) is 7.87. The van der Waals surface area contributed by atoms with Gasteiger partial charge in [0.25, 0.3) is 0 Å². The summed E-state index contributed by atoms with van der Waals surface area (Å²) < 4.78 is 0. The normalized spacial score (nSPS) is 11.0. The molecule has 0 saturated heterocycles. The Balaban J connectivity index is 1.84. The van der Waals surface area contributed by atoms with Crippen LogP contribution in [0.2, 0.25) is 0 Å². The predicted molar refractivity (Wildman–Crippen MR) is 88.2 cm³/mol. The van der Waals surface area contributed by atoms with Crippen LogP contribution in [0.4, 0.5) is 0 Å². The second-order valence-electron chi connectivity index (χ2n) is 4.95. The molecule has 3 nitrogen and oxygen atoms in total. The molecule has 0 unspecified atom stereocenters. The van der Waals surface area contributed by atoms with Gasteiger partial charge >= 0.3 is 0 Å². The molecule has 1 aromatic heterocycles. The van der Waals surface area contributed by atoms with Gasteiger partial charge in [-0.15, -0.1) is 11.8 Å². The summed E-state index contributed by atoms with van der Waals surface area (Å²) in [7, 11) is 0. The number of thioether (sulfide) groups is 1. The highest BCUT2D eigenvalue weighted by Gasteiger charge is 2.06. The quantitative estimate of drug-likeness (QED) is 0.589. The van der Waals surface area contributed by atoms with Gasteiger partial charge in [-0.3, -0.25) is 0 Å². The van der Waals surface area contributed by atoms with Crippen LogP contribution in [0.1, 0.15) is 16.7 Å². The summed E-state index contributed by atoms with van der Waals surface area (Å²) in [5.41, 5.74) is 10.4. The molecule has 21 heavy (non-hydrogen) atoms. The van der Waals surface area contributed by atoms with E-state index in [1.807, 2.05) is 18.2 Å². The van der Waals surface area contributed by atoms with Crippen molar-refractivity contribution in [1.82, 2.24) is 9.97 Å². The van der Waals surface area contributed by atoms with Crippen molar-refractivity contribution >= 4 is 22.7 Å². The van der Waals surface area contributed by atoms with Gasteiger partial charge in [0.1, 0.15) is 11.4 Å². The van der Waals surface area contributed by atoms with Gasteiger partial charge in [0.05, 0.1) is 5.52 Å². The van der Waals surface area contributed by atoms with Gasteiger partial charge in [-0.25, -0.2) is 9.97 Å². The van der Waals surface area contributed by atoms with Crippen molar-refractivity contribution < 1.29 is 0 Å². The van der Waals surface area contributed by atoms with E-state index >= 15 is 0 Å². The SMILES string of the molecule is Cc1cc(CN)ccc1CSc1ncnc2ccccc12. The first-order valence-electron chi connectivity index (χ1n) is 6.89. The van der Waals surface area contributed by atoms with Crippen LogP contribution in [0.3, 0.4) is 0 Å². The molecule has 1 heterocycles. The Morgan fingerprint density at radius 1 is 1.10 bits per heavy atom. The molecule has 0 amide bonds. The maximum absolute atomic E-state index is 5.67. The lowest BCUT2D eigenvalue weighted by molar-refractivity contribution is 1.06. The zero-order valence-corrected chi connectivity index (χ0v) is 12.7. The third-order valence-corrected chi connectivity index (χ3v) is 4.57. The molecule has 4 heteroatoms. The highest BCUT2D eigenvalue weighted by molar-refractivity contribution is 7.98. The molecular formula is C17H17N3S. The molecule has 3 rings (SSSR count). The summed E-state index contributed by atoms with van der Waals surface area (Å²) in [6.45, 7) is 2.72. The Bertz CT molecular complexity index is 766. The molecule has 0 saturated carbocycles. The number of para-hydroxylation sites is 1. The molecule has 106 valence electrons. The average Bonchev–Trinajstić information content (AvgIpc) is 2.53. The highest BCUT2D eigenvalue weighted by Crippen LogP contribution is 2.28. The molecule has 3 aromatic rings. The second-order valence-corrected chi connectivity index (χ2v) is 5.91. The van der Waals surface area contributed by atoms with Crippen molar-refractivity contribution in [3.63, 3.8) is 0 Å². The molecule has 0 bridgehead atoms. The average molecular weight is 295 g/mol. The van der Waals surface area contributed by atoms with Crippen LogP contribution in [0.15, 0.2) is 53.8 Å². The number of fused-ring (bicyclic) bond motifs is 1. The van der Waals surface area contributed by atoms with Gasteiger partial charge in [-0.05, 0) is 29.7 Å². The minimum absolute atomic E-state index is 0.588. The Morgan fingerprint density at radius 2 is 1.95 bits per heavy atom. The Kier molecular flexibility index (Phi) is 4.18. The molecule has 0 aliphatic heterocycles. The second kappa shape index (κ2) is 6.24. The van der Waals surface area contributed by atoms with Crippen molar-refractivity contribution in [1.29, 1.82) is 0 Å². The first kappa shape index (κ1) is 14.0. The number of hydrogen-bond acceptors (Lipinski definition) is 4. The first-order chi connectivity index (χ1) is 10.3. The van der Waals surface area contributed by atoms with Gasteiger partial charge in [0.2, 0.25) is 0 Å². The van der Waals surface area contributed by atoms with E-state index in [0.29, 0.717) is 6.54 Å². The van der Waals surface area contributed by atoms with Gasteiger partial charge in [0.15, 0.2) is 0 Å². The van der Waals surface area contributed by atoms with Gasteiger partial charge in [-0.2, -0.15) is 0 Å². The molecular weight excluding hydrogens is 278 g/mol. The number of benzene rings is 2. The highest BCUT2D eigenvalue weighted by atomic mass is 32.2. The van der Waals surface area contributed by atoms with Gasteiger partial charge in [0, 0.05) is 17.7 Å². The number of rotatable bonds is 4. The maximum Gasteiger partial charge on any atom is 0.117 e. The van der Waals surface area contributed by atoms with Crippen LogP contribution in [0.25, 0.3) is 10.9 Å². The van der Waals surface area contributed by atoms with Crippen LogP contribution in [0, 0.1) is 6.92 Å². The minimum atomic E-state index is 0.588. The van der Waals surface area contributed by atoms with E-state index in [2.05, 4.69) is 41.2 Å². The summed E-state index contributed by atoms with van der Waals surface area (Å²) in [4.78, 5) is 8.72. The van der Waals surface area contributed by atoms with E-state index in [9.17, 15) is 0 Å². The Hall–Kier alpha value is -1.91. The zero-order valence-electron chi connectivity index (χ0n) is 11.9.